The van der Waals surface area contributed by atoms with Gasteiger partial charge in [-0.2, -0.15) is 0 Å². The fourth-order valence-corrected chi connectivity index (χ4v) is 5.43. The van der Waals surface area contributed by atoms with Crippen LogP contribution in [0.1, 0.15) is 22.3 Å². The van der Waals surface area contributed by atoms with Crippen LogP contribution >= 0.6 is 40.6 Å². The van der Waals surface area contributed by atoms with E-state index in [4.69, 9.17) is 32.2 Å². The first-order chi connectivity index (χ1) is 17.5. The Morgan fingerprint density at radius 3 is 1.14 bits per heavy atom. The van der Waals surface area contributed by atoms with E-state index in [1.807, 2.05) is 0 Å². The molecule has 4 rings (SSSR count). The van der Waals surface area contributed by atoms with Crippen molar-refractivity contribution in [2.45, 2.75) is 11.2 Å². The molecule has 0 heterocycles. The van der Waals surface area contributed by atoms with E-state index in [1.54, 1.807) is 109 Å². The molecule has 180 valence electrons. The molecule has 0 fully saturated rings. The third kappa shape index (κ3) is 4.79. The highest BCUT2D eigenvalue weighted by molar-refractivity contribution is 7.17. The minimum absolute atomic E-state index is 0.374. The summed E-state index contributed by atoms with van der Waals surface area (Å²) in [5, 5.41) is 0.893. The molecule has 0 N–H and O–H groups in total. The van der Waals surface area contributed by atoms with Crippen molar-refractivity contribution < 1.29 is 23.0 Å². The molecule has 4 aromatic carbocycles. The van der Waals surface area contributed by atoms with Crippen molar-refractivity contribution in [3.63, 3.8) is 0 Å². The van der Waals surface area contributed by atoms with Crippen molar-refractivity contribution in [2.75, 3.05) is 0 Å². The van der Waals surface area contributed by atoms with E-state index in [-0.39, 0.29) is 0 Å². The van der Waals surface area contributed by atoms with Crippen molar-refractivity contribution >= 4 is 46.4 Å². The Bertz CT molecular complexity index is 1250. The van der Waals surface area contributed by atoms with E-state index in [2.05, 4.69) is 0 Å². The second-order valence-electron chi connectivity index (χ2n) is 7.81. The van der Waals surface area contributed by atoms with E-state index in [1.165, 1.54) is 0 Å². The minimum Gasteiger partial charge on any atom is -0.291 e. The van der Waals surface area contributed by atoms with Gasteiger partial charge >= 0.3 is 17.4 Å². The van der Waals surface area contributed by atoms with Crippen LogP contribution in [0.4, 0.5) is 0 Å². The van der Waals surface area contributed by atoms with E-state index in [9.17, 15) is 9.13 Å². The van der Waals surface area contributed by atoms with Gasteiger partial charge in [0, 0.05) is 32.3 Å². The highest BCUT2D eigenvalue weighted by Crippen LogP contribution is 2.48. The molecule has 5 nitrogen and oxygen atoms in total. The topological polar surface area (TPSA) is 69.7 Å². The zero-order valence-electron chi connectivity index (χ0n) is 18.7. The summed E-state index contributed by atoms with van der Waals surface area (Å²) >= 11 is 12.3. The van der Waals surface area contributed by atoms with Gasteiger partial charge in [-0.3, -0.25) is 4.79 Å². The molecule has 0 bridgehead atoms. The fraction of sp³-hybridized carbons (Fsp3) is 0.0741. The van der Waals surface area contributed by atoms with Gasteiger partial charge < -0.3 is 0 Å². The number of ketones is 1. The average Bonchev–Trinajstić information content (AvgIpc) is 2.92. The first-order valence-electron chi connectivity index (χ1n) is 10.8. The molecular weight excluding hydrogens is 537 g/mol. The number of hydrogen-bond acceptors (Lipinski definition) is 5. The number of hydrogen-bond donors (Lipinski definition) is 0. The molecule has 0 spiro atoms. The first kappa shape index (κ1) is 26.3. The Morgan fingerprint density at radius 1 is 0.528 bits per heavy atom. The number of rotatable bonds is 10. The number of carbonyl (C=O) groups excluding carboxylic acids is 1. The van der Waals surface area contributed by atoms with Crippen LogP contribution in [-0.2, 0) is 34.2 Å². The summed E-state index contributed by atoms with van der Waals surface area (Å²) in [7, 11) is -2.62. The highest BCUT2D eigenvalue weighted by atomic mass is 35.5. The van der Waals surface area contributed by atoms with Gasteiger partial charge in [0.2, 0.25) is 17.0 Å². The quantitative estimate of drug-likeness (QED) is 0.187. The molecule has 0 radical (unpaired) electrons. The van der Waals surface area contributed by atoms with Crippen LogP contribution in [-0.4, -0.2) is 5.78 Å². The molecule has 4 aromatic rings. The Kier molecular flexibility index (Phi) is 8.43. The molecule has 0 aliphatic rings. The normalized spacial score (nSPS) is 14.7. The van der Waals surface area contributed by atoms with Gasteiger partial charge in [0.05, 0.1) is 0 Å². The van der Waals surface area contributed by atoms with Crippen LogP contribution in [0, 0.1) is 0 Å². The van der Waals surface area contributed by atoms with Gasteiger partial charge in [0.1, 0.15) is 0 Å². The standard InChI is InChI=1S/C27H20Cl2O5P2/c28-23-15-11-21(12-16-23)26(33-35-31,19-7-3-1-4-8-19)25(30)27(34-36-32,20-9-5-2-6-10-20)22-13-17-24(29)18-14-22/h1-18,35-36H/q+2. The predicted octanol–water partition coefficient (Wildman–Crippen LogP) is 7.66. The zero-order valence-corrected chi connectivity index (χ0v) is 22.2. The average molecular weight is 557 g/mol. The van der Waals surface area contributed by atoms with Crippen molar-refractivity contribution in [1.29, 1.82) is 0 Å². The lowest BCUT2D eigenvalue weighted by Crippen LogP contribution is -2.51. The molecule has 0 saturated carbocycles. The summed E-state index contributed by atoms with van der Waals surface area (Å²) in [4.78, 5) is 15.1. The third-order valence-corrected chi connectivity index (χ3v) is 7.17. The monoisotopic (exact) mass is 556 g/mol. The number of benzene rings is 4. The Balaban J connectivity index is 2.12. The van der Waals surface area contributed by atoms with Crippen LogP contribution in [0.3, 0.4) is 0 Å². The lowest BCUT2D eigenvalue weighted by molar-refractivity contribution is -0.145. The third-order valence-electron chi connectivity index (χ3n) is 5.89. The molecule has 0 amide bonds. The van der Waals surface area contributed by atoms with E-state index in [0.29, 0.717) is 32.3 Å². The van der Waals surface area contributed by atoms with Crippen LogP contribution in [0.5, 0.6) is 0 Å². The molecule has 0 saturated heterocycles. The summed E-state index contributed by atoms with van der Waals surface area (Å²) in [5.74, 6) is -0.649. The lowest BCUT2D eigenvalue weighted by Gasteiger charge is -2.36. The fourth-order valence-electron chi connectivity index (χ4n) is 4.27. The summed E-state index contributed by atoms with van der Waals surface area (Å²) in [5.41, 5.74) is -2.26. The van der Waals surface area contributed by atoms with Crippen LogP contribution < -0.4 is 0 Å². The van der Waals surface area contributed by atoms with Crippen molar-refractivity contribution in [3.05, 3.63) is 141 Å². The van der Waals surface area contributed by atoms with Crippen LogP contribution in [0.15, 0.2) is 109 Å². The Labute approximate surface area is 221 Å². The Hall–Kier alpha value is -2.75. The molecular formula is C27H20Cl2O5P2+2. The summed E-state index contributed by atoms with van der Waals surface area (Å²) in [6.45, 7) is 0. The predicted molar refractivity (Wildman–Crippen MR) is 143 cm³/mol. The smallest absolute Gasteiger partial charge is 0.291 e. The van der Waals surface area contributed by atoms with Crippen LogP contribution in [0.2, 0.25) is 10.0 Å². The summed E-state index contributed by atoms with van der Waals surface area (Å²) in [6, 6.07) is 30.3. The number of carbonyl (C=O) groups is 1. The molecule has 0 aliphatic heterocycles. The molecule has 0 aromatic heterocycles. The van der Waals surface area contributed by atoms with Crippen molar-refractivity contribution in [1.82, 2.24) is 0 Å². The lowest BCUT2D eigenvalue weighted by atomic mass is 9.71. The largest absolute Gasteiger partial charge is 0.495 e. The summed E-state index contributed by atoms with van der Waals surface area (Å²) < 4.78 is 36.1. The molecule has 9 heteroatoms. The second kappa shape index (κ2) is 11.5. The van der Waals surface area contributed by atoms with Crippen molar-refractivity contribution in [2.24, 2.45) is 0 Å². The van der Waals surface area contributed by atoms with Crippen LogP contribution in [0.25, 0.3) is 0 Å². The molecule has 4 atom stereocenters. The molecule has 4 unspecified atom stereocenters. The maximum absolute atomic E-state index is 15.1. The van der Waals surface area contributed by atoms with Gasteiger partial charge in [0.15, 0.2) is 0 Å². The number of halogens is 2. The molecule has 0 aliphatic carbocycles. The van der Waals surface area contributed by atoms with E-state index in [0.717, 1.165) is 0 Å². The highest BCUT2D eigenvalue weighted by Gasteiger charge is 2.61. The minimum atomic E-state index is -1.92. The first-order valence-corrected chi connectivity index (χ1v) is 13.2. The Morgan fingerprint density at radius 2 is 0.833 bits per heavy atom. The maximum Gasteiger partial charge on any atom is 0.495 e. The van der Waals surface area contributed by atoms with Crippen molar-refractivity contribution in [3.8, 4) is 0 Å². The second-order valence-corrected chi connectivity index (χ2v) is 9.42. The molecule has 36 heavy (non-hydrogen) atoms. The zero-order chi connectivity index (χ0) is 25.6. The van der Waals surface area contributed by atoms with Gasteiger partial charge in [0.25, 0.3) is 0 Å². The van der Waals surface area contributed by atoms with E-state index < -0.39 is 34.4 Å². The van der Waals surface area contributed by atoms with Gasteiger partial charge in [-0.15, -0.1) is 9.05 Å². The summed E-state index contributed by atoms with van der Waals surface area (Å²) in [6.07, 6.45) is 0. The van der Waals surface area contributed by atoms with E-state index >= 15 is 4.79 Å². The van der Waals surface area contributed by atoms with Gasteiger partial charge in [-0.25, -0.2) is 0 Å². The SMILES string of the molecule is O=[PH+]OC(C(=O)C(O[PH+]=O)(c1ccccc1)c1ccc(Cl)cc1)(c1ccccc1)c1ccc(Cl)cc1. The number of Topliss-reactive ketones (excluding diaryl/α,β-unsaturated/α-hetero) is 1. The maximum atomic E-state index is 15.1. The van der Waals surface area contributed by atoms with Gasteiger partial charge in [-0.05, 0) is 33.4 Å². The van der Waals surface area contributed by atoms with Gasteiger partial charge in [-0.1, -0.05) is 108 Å².